The summed E-state index contributed by atoms with van der Waals surface area (Å²) < 4.78 is 5.34. The summed E-state index contributed by atoms with van der Waals surface area (Å²) in [6, 6.07) is 0. The van der Waals surface area contributed by atoms with Gasteiger partial charge in [-0.1, -0.05) is 5.57 Å². The summed E-state index contributed by atoms with van der Waals surface area (Å²) in [5.74, 6) is 0. The molecule has 2 aliphatic rings. The van der Waals surface area contributed by atoms with Crippen molar-refractivity contribution in [1.82, 2.24) is 4.90 Å². The molecule has 1 fully saturated rings. The quantitative estimate of drug-likeness (QED) is 0.692. The fraction of sp³-hybridized carbons (Fsp3) is 0.750. The van der Waals surface area contributed by atoms with E-state index in [1.807, 2.05) is 6.20 Å². The second-order valence-corrected chi connectivity index (χ2v) is 4.41. The van der Waals surface area contributed by atoms with Crippen molar-refractivity contribution in [1.29, 1.82) is 0 Å². The maximum Gasteiger partial charge on any atom is 0.0594 e. The summed E-state index contributed by atoms with van der Waals surface area (Å²) in [5.41, 5.74) is 2.75. The smallest absolute Gasteiger partial charge is 0.0594 e. The normalized spacial score (nSPS) is 24.3. The third kappa shape index (κ3) is 3.43. The van der Waals surface area contributed by atoms with E-state index in [9.17, 15) is 0 Å². The van der Waals surface area contributed by atoms with Crippen molar-refractivity contribution in [2.75, 3.05) is 32.8 Å². The van der Waals surface area contributed by atoms with Gasteiger partial charge in [0.05, 0.1) is 13.2 Å². The van der Waals surface area contributed by atoms with Crippen LogP contribution in [0.3, 0.4) is 0 Å². The van der Waals surface area contributed by atoms with Gasteiger partial charge in [0.1, 0.15) is 0 Å². The van der Waals surface area contributed by atoms with E-state index < -0.39 is 0 Å². The van der Waals surface area contributed by atoms with E-state index in [1.54, 1.807) is 0 Å². The fourth-order valence-corrected chi connectivity index (χ4v) is 2.04. The monoisotopic (exact) mass is 208 g/mol. The highest BCUT2D eigenvalue weighted by atomic mass is 16.5. The largest absolute Gasteiger partial charge is 0.379 e. The second-order valence-electron chi connectivity index (χ2n) is 4.41. The van der Waals surface area contributed by atoms with Crippen LogP contribution in [0.2, 0.25) is 0 Å². The Labute approximate surface area is 91.8 Å². The number of aliphatic imine (C=N–C) groups is 1. The zero-order valence-corrected chi connectivity index (χ0v) is 9.54. The van der Waals surface area contributed by atoms with Crippen LogP contribution in [0, 0.1) is 0 Å². The Morgan fingerprint density at radius 1 is 1.33 bits per heavy atom. The fourth-order valence-electron chi connectivity index (χ4n) is 2.04. The lowest BCUT2D eigenvalue weighted by Crippen LogP contribution is -2.39. The van der Waals surface area contributed by atoms with Crippen LogP contribution in [0.25, 0.3) is 0 Å². The van der Waals surface area contributed by atoms with Crippen LogP contribution in [0.15, 0.2) is 16.8 Å². The summed E-state index contributed by atoms with van der Waals surface area (Å²) in [6.45, 7) is 7.07. The Morgan fingerprint density at radius 2 is 2.13 bits per heavy atom. The summed E-state index contributed by atoms with van der Waals surface area (Å²) in [5, 5.41) is 0. The summed E-state index contributed by atoms with van der Waals surface area (Å²) in [7, 11) is 0. The lowest BCUT2D eigenvalue weighted by atomic mass is 10.1. The van der Waals surface area contributed by atoms with Crippen LogP contribution >= 0.6 is 0 Å². The molecule has 2 heterocycles. The molecule has 0 amide bonds. The molecule has 3 heteroatoms. The summed E-state index contributed by atoms with van der Waals surface area (Å²) in [4.78, 5) is 7.01. The third-order valence-electron chi connectivity index (χ3n) is 3.01. The predicted molar refractivity (Wildman–Crippen MR) is 62.3 cm³/mol. The molecule has 2 rings (SSSR count). The molecule has 0 aromatic carbocycles. The minimum atomic E-state index is 0.877. The van der Waals surface area contributed by atoms with E-state index in [4.69, 9.17) is 4.74 Å². The molecule has 0 atom stereocenters. The lowest BCUT2D eigenvalue weighted by molar-refractivity contribution is 0.0451. The van der Waals surface area contributed by atoms with Gasteiger partial charge in [0, 0.05) is 31.5 Å². The SMILES string of the molecule is CC1=CN=C(CN2CCOCC2)CCC1. The molecule has 0 radical (unpaired) electrons. The van der Waals surface area contributed by atoms with Crippen molar-refractivity contribution < 1.29 is 4.74 Å². The zero-order valence-electron chi connectivity index (χ0n) is 9.54. The van der Waals surface area contributed by atoms with E-state index in [-0.39, 0.29) is 0 Å². The minimum Gasteiger partial charge on any atom is -0.379 e. The van der Waals surface area contributed by atoms with Crippen LogP contribution in [0.5, 0.6) is 0 Å². The lowest BCUT2D eigenvalue weighted by Gasteiger charge is -2.26. The van der Waals surface area contributed by atoms with Gasteiger partial charge < -0.3 is 4.74 Å². The van der Waals surface area contributed by atoms with E-state index >= 15 is 0 Å². The van der Waals surface area contributed by atoms with Crippen LogP contribution in [0.1, 0.15) is 26.2 Å². The molecule has 15 heavy (non-hydrogen) atoms. The van der Waals surface area contributed by atoms with Gasteiger partial charge in [-0.05, 0) is 26.2 Å². The average molecular weight is 208 g/mol. The molecule has 0 aliphatic carbocycles. The third-order valence-corrected chi connectivity index (χ3v) is 3.01. The topological polar surface area (TPSA) is 24.8 Å². The first-order valence-electron chi connectivity index (χ1n) is 5.86. The number of allylic oxidation sites excluding steroid dienone is 1. The van der Waals surface area contributed by atoms with E-state index in [0.29, 0.717) is 0 Å². The molecular formula is C12H20N2O. The van der Waals surface area contributed by atoms with Crippen LogP contribution in [0.4, 0.5) is 0 Å². The highest BCUT2D eigenvalue weighted by molar-refractivity contribution is 5.87. The van der Waals surface area contributed by atoms with Gasteiger partial charge in [-0.15, -0.1) is 0 Å². The Bertz CT molecular complexity index is 265. The first-order chi connectivity index (χ1) is 7.34. The molecule has 0 aromatic heterocycles. The first kappa shape index (κ1) is 10.8. The van der Waals surface area contributed by atoms with Crippen LogP contribution < -0.4 is 0 Å². The predicted octanol–water partition coefficient (Wildman–Crippen LogP) is 1.85. The molecular weight excluding hydrogens is 188 g/mol. The van der Waals surface area contributed by atoms with E-state index in [1.165, 1.54) is 24.1 Å². The molecule has 0 unspecified atom stereocenters. The van der Waals surface area contributed by atoms with Gasteiger partial charge in [-0.2, -0.15) is 0 Å². The minimum absolute atomic E-state index is 0.877. The number of rotatable bonds is 2. The molecule has 0 spiro atoms. The van der Waals surface area contributed by atoms with Crippen LogP contribution in [-0.4, -0.2) is 43.5 Å². The van der Waals surface area contributed by atoms with Crippen LogP contribution in [-0.2, 0) is 4.74 Å². The van der Waals surface area contributed by atoms with Gasteiger partial charge >= 0.3 is 0 Å². The standard InChI is InChI=1S/C12H20N2O/c1-11-3-2-4-12(13-9-11)10-14-5-7-15-8-6-14/h9H,2-8,10H2,1H3. The summed E-state index contributed by atoms with van der Waals surface area (Å²) >= 11 is 0. The maximum absolute atomic E-state index is 5.34. The maximum atomic E-state index is 5.34. The van der Waals surface area contributed by atoms with Crippen molar-refractivity contribution in [3.63, 3.8) is 0 Å². The number of hydrogen-bond donors (Lipinski definition) is 0. The molecule has 2 aliphatic heterocycles. The molecule has 0 bridgehead atoms. The molecule has 84 valence electrons. The second kappa shape index (κ2) is 5.42. The van der Waals surface area contributed by atoms with Gasteiger partial charge in [-0.3, -0.25) is 9.89 Å². The number of morpholine rings is 1. The van der Waals surface area contributed by atoms with Crippen molar-refractivity contribution >= 4 is 5.71 Å². The Hall–Kier alpha value is -0.670. The molecule has 1 saturated heterocycles. The number of ether oxygens (including phenoxy) is 1. The van der Waals surface area contributed by atoms with Gasteiger partial charge in [-0.25, -0.2) is 0 Å². The van der Waals surface area contributed by atoms with E-state index in [0.717, 1.165) is 39.3 Å². The Morgan fingerprint density at radius 3 is 2.93 bits per heavy atom. The van der Waals surface area contributed by atoms with Crippen molar-refractivity contribution in [2.45, 2.75) is 26.2 Å². The highest BCUT2D eigenvalue weighted by Gasteiger charge is 2.13. The Balaban J connectivity index is 1.87. The first-order valence-corrected chi connectivity index (χ1v) is 5.86. The molecule has 3 nitrogen and oxygen atoms in total. The van der Waals surface area contributed by atoms with Gasteiger partial charge in [0.2, 0.25) is 0 Å². The molecule has 0 aromatic rings. The Kier molecular flexibility index (Phi) is 3.92. The molecule has 0 N–H and O–H groups in total. The number of nitrogens with zero attached hydrogens (tertiary/aromatic N) is 2. The highest BCUT2D eigenvalue weighted by Crippen LogP contribution is 2.13. The van der Waals surface area contributed by atoms with Gasteiger partial charge in [0.15, 0.2) is 0 Å². The van der Waals surface area contributed by atoms with E-state index in [2.05, 4.69) is 16.8 Å². The average Bonchev–Trinajstić information content (AvgIpc) is 2.46. The number of hydrogen-bond acceptors (Lipinski definition) is 3. The zero-order chi connectivity index (χ0) is 10.5. The van der Waals surface area contributed by atoms with Crippen molar-refractivity contribution in [2.24, 2.45) is 4.99 Å². The van der Waals surface area contributed by atoms with Crippen molar-refractivity contribution in [3.05, 3.63) is 11.8 Å². The summed E-state index contributed by atoms with van der Waals surface area (Å²) in [6.07, 6.45) is 5.66. The van der Waals surface area contributed by atoms with Crippen molar-refractivity contribution in [3.8, 4) is 0 Å². The van der Waals surface area contributed by atoms with Gasteiger partial charge in [0.25, 0.3) is 0 Å². The molecule has 0 saturated carbocycles.